The van der Waals surface area contributed by atoms with E-state index in [0.717, 1.165) is 30.6 Å². The van der Waals surface area contributed by atoms with E-state index in [2.05, 4.69) is 36.1 Å². The molecule has 1 aliphatic heterocycles. The van der Waals surface area contributed by atoms with Gasteiger partial charge >= 0.3 is 176 Å². The maximum absolute atomic E-state index is 13.2. The van der Waals surface area contributed by atoms with Crippen LogP contribution in [0.4, 0.5) is 5.69 Å². The van der Waals surface area contributed by atoms with Gasteiger partial charge < -0.3 is 0 Å². The Morgan fingerprint density at radius 1 is 1.03 bits per heavy atom. The number of ether oxygens (including phenoxy) is 2. The molecule has 1 aliphatic carbocycles. The summed E-state index contributed by atoms with van der Waals surface area (Å²) in [6.07, 6.45) is 10.0. The van der Waals surface area contributed by atoms with Crippen LogP contribution in [0.3, 0.4) is 0 Å². The Morgan fingerprint density at radius 2 is 1.71 bits per heavy atom. The van der Waals surface area contributed by atoms with Crippen LogP contribution in [0.15, 0.2) is 53.5 Å². The van der Waals surface area contributed by atoms with Gasteiger partial charge in [0.1, 0.15) is 0 Å². The first-order valence-corrected chi connectivity index (χ1v) is 16.3. The molecule has 2 aliphatic rings. The molecule has 1 fully saturated rings. The van der Waals surface area contributed by atoms with E-state index < -0.39 is 0 Å². The van der Waals surface area contributed by atoms with E-state index in [-0.39, 0.29) is 33.2 Å². The molecule has 35 heavy (non-hydrogen) atoms. The molecule has 0 N–H and O–H groups in total. The summed E-state index contributed by atoms with van der Waals surface area (Å²) in [4.78, 5) is 22.1. The van der Waals surface area contributed by atoms with Crippen LogP contribution >= 0.6 is 0 Å². The number of hydrogen-bond acceptors (Lipinski definition) is 4. The summed E-state index contributed by atoms with van der Waals surface area (Å²) in [7, 11) is 1.87. The Morgan fingerprint density at radius 3 is 2.43 bits per heavy atom. The fourth-order valence-electron chi connectivity index (χ4n) is 4.78. The van der Waals surface area contributed by atoms with Crippen molar-refractivity contribution in [1.82, 2.24) is 4.90 Å². The Kier molecular flexibility index (Phi) is 9.46. The number of benzene rings is 2. The zero-order valence-corrected chi connectivity index (χ0v) is 23.4. The molecule has 0 spiro atoms. The van der Waals surface area contributed by atoms with Gasteiger partial charge in [-0.25, -0.2) is 0 Å². The average Bonchev–Trinajstić information content (AvgIpc) is 2.95. The van der Waals surface area contributed by atoms with Crippen molar-refractivity contribution in [2.75, 3.05) is 12.0 Å². The molecule has 0 bridgehead atoms. The van der Waals surface area contributed by atoms with Crippen LogP contribution in [0.1, 0.15) is 74.2 Å². The van der Waals surface area contributed by atoms with Crippen molar-refractivity contribution in [3.63, 3.8) is 0 Å². The van der Waals surface area contributed by atoms with Gasteiger partial charge in [-0.1, -0.05) is 19.3 Å². The quantitative estimate of drug-likeness (QED) is 0.368. The molecular formula is C29H38IN2O3-. The summed E-state index contributed by atoms with van der Waals surface area (Å²) in [6, 6.07) is 15.7. The van der Waals surface area contributed by atoms with Gasteiger partial charge in [-0.2, -0.15) is 0 Å². The van der Waals surface area contributed by atoms with Crippen molar-refractivity contribution in [3.05, 3.63) is 59.7 Å². The van der Waals surface area contributed by atoms with E-state index in [1.807, 2.05) is 36.2 Å². The molecule has 0 radical (unpaired) electrons. The molecule has 1 heterocycles. The third-order valence-electron chi connectivity index (χ3n) is 7.02. The number of fused-ring (bicyclic) bond motifs is 1. The van der Waals surface area contributed by atoms with Crippen LogP contribution in [0.2, 0.25) is 0 Å². The van der Waals surface area contributed by atoms with Gasteiger partial charge in [0.05, 0.1) is 0 Å². The van der Waals surface area contributed by atoms with Crippen molar-refractivity contribution in [2.24, 2.45) is 4.99 Å². The summed E-state index contributed by atoms with van der Waals surface area (Å²) in [5.74, 6) is 1.57. The molecule has 2 aromatic carbocycles. The first kappa shape index (κ1) is 26.0. The third kappa shape index (κ3) is 6.99. The third-order valence-corrected chi connectivity index (χ3v) is 9.66. The normalized spacial score (nSPS) is 20.3. The second kappa shape index (κ2) is 12.7. The van der Waals surface area contributed by atoms with Crippen LogP contribution in [0, 0.1) is 0 Å². The number of carbonyl (C=O) groups excluding carboxylic acids is 1. The van der Waals surface area contributed by atoms with E-state index in [1.54, 1.807) is 0 Å². The van der Waals surface area contributed by atoms with Crippen LogP contribution in [0.5, 0.6) is 5.75 Å². The first-order valence-electron chi connectivity index (χ1n) is 12.9. The fraction of sp³-hybridized carbons (Fsp3) is 0.517. The number of nitrogens with zero attached hydrogens (tertiary/aromatic N) is 2. The van der Waals surface area contributed by atoms with Gasteiger partial charge in [0, 0.05) is 0 Å². The molecule has 1 saturated carbocycles. The van der Waals surface area contributed by atoms with Gasteiger partial charge in [-0.05, 0) is 25.7 Å². The molecule has 2 unspecified atom stereocenters. The molecule has 0 saturated heterocycles. The van der Waals surface area contributed by atoms with Gasteiger partial charge in [0.25, 0.3) is 0 Å². The van der Waals surface area contributed by atoms with Gasteiger partial charge in [-0.3, -0.25) is 0 Å². The van der Waals surface area contributed by atoms with E-state index in [9.17, 15) is 4.79 Å². The summed E-state index contributed by atoms with van der Waals surface area (Å²) in [5, 5.41) is 0. The predicted octanol–water partition coefficient (Wildman–Crippen LogP) is 3.38. The predicted molar refractivity (Wildman–Crippen MR) is 137 cm³/mol. The second-order valence-corrected chi connectivity index (χ2v) is 13.0. The monoisotopic (exact) mass is 589 g/mol. The number of para-hydroxylation sites is 1. The van der Waals surface area contributed by atoms with Crippen molar-refractivity contribution in [2.45, 2.75) is 81.0 Å². The minimum atomic E-state index is -0.161. The summed E-state index contributed by atoms with van der Waals surface area (Å²) in [6.45, 7) is 2.68. The van der Waals surface area contributed by atoms with Crippen LogP contribution < -0.4 is 25.9 Å². The van der Waals surface area contributed by atoms with Crippen LogP contribution in [-0.4, -0.2) is 44.8 Å². The van der Waals surface area contributed by atoms with Crippen molar-refractivity contribution in [3.8, 4) is 5.75 Å². The maximum atomic E-state index is 13.2. The van der Waals surface area contributed by atoms with Crippen molar-refractivity contribution >= 4 is 17.5 Å². The van der Waals surface area contributed by atoms with Gasteiger partial charge in [0.2, 0.25) is 0 Å². The Labute approximate surface area is 220 Å². The zero-order chi connectivity index (χ0) is 24.6. The standard InChI is InChI=1S/C29H38IN2O3/c1-21(30-2)19-27-28(31-26-14-10-9-13-25(26)29(33)32(27)3)34-20-22-15-17-24(18-16-22)35-23-11-7-5-4-6-8-12-23/h9-10,13-18,21,23,27H,4-8,11-12,19-20H2,1-3H3/q-1. The molecule has 190 valence electrons. The van der Waals surface area contributed by atoms with E-state index in [4.69, 9.17) is 14.5 Å². The van der Waals surface area contributed by atoms with E-state index in [1.165, 1.54) is 32.1 Å². The number of alkyl halides is 2. The number of aliphatic imine (C=N–C) groups is 1. The molecule has 0 aromatic heterocycles. The second-order valence-electron chi connectivity index (χ2n) is 9.65. The van der Waals surface area contributed by atoms with E-state index in [0.29, 0.717) is 33.8 Å². The molecule has 4 rings (SSSR count). The molecule has 2 aromatic rings. The summed E-state index contributed by atoms with van der Waals surface area (Å²) < 4.78 is 13.2. The number of amides is 1. The van der Waals surface area contributed by atoms with Gasteiger partial charge in [-0.15, -0.1) is 0 Å². The topological polar surface area (TPSA) is 51.1 Å². The molecule has 2 atom stereocenters. The average molecular weight is 590 g/mol. The molecule has 1 amide bonds. The van der Waals surface area contributed by atoms with Crippen LogP contribution in [-0.2, 0) is 11.3 Å². The summed E-state index contributed by atoms with van der Waals surface area (Å²) in [5.41, 5.74) is 2.38. The molecule has 6 heteroatoms. The molecule has 5 nitrogen and oxygen atoms in total. The SMILES string of the molecule is C[I-]C(C)CC1C(OCc2ccc(OC3CCCCCCC3)cc2)=Nc2ccccc2C(=O)N1C. The number of likely N-dealkylation sites (N-methyl/N-ethyl adjacent to an activating group) is 1. The number of carbonyl (C=O) groups is 1. The Bertz CT molecular complexity index is 999. The number of rotatable bonds is 7. The Balaban J connectivity index is 1.46. The van der Waals surface area contributed by atoms with Crippen LogP contribution in [0.25, 0.3) is 0 Å². The Hall–Kier alpha value is -2.09. The van der Waals surface area contributed by atoms with E-state index >= 15 is 0 Å². The minimum absolute atomic E-state index is 0.00479. The number of hydrogen-bond donors (Lipinski definition) is 0. The van der Waals surface area contributed by atoms with Crippen molar-refractivity contribution < 1.29 is 35.5 Å². The van der Waals surface area contributed by atoms with Gasteiger partial charge in [0.15, 0.2) is 0 Å². The number of halogens is 1. The first-order chi connectivity index (χ1) is 17.0. The molecular weight excluding hydrogens is 551 g/mol. The summed E-state index contributed by atoms with van der Waals surface area (Å²) >= 11 is 0.0638. The fourth-order valence-corrected chi connectivity index (χ4v) is 5.77. The van der Waals surface area contributed by atoms with Crippen molar-refractivity contribution in [1.29, 1.82) is 0 Å². The zero-order valence-electron chi connectivity index (χ0n) is 21.2.